The average molecular weight is 489 g/mol. The molecule has 0 aliphatic carbocycles. The molecule has 10 heteroatoms. The number of ether oxygens (including phenoxy) is 1. The summed E-state index contributed by atoms with van der Waals surface area (Å²) in [7, 11) is -3.42. The Bertz CT molecular complexity index is 1510. The SMILES string of the molecule is CS(=O)(=O)Nc1ccc(-c2coc3cc(OCc4cccc(C(F)(F)F)c4)ccc3c2=O)cc1. The third-order valence-corrected chi connectivity index (χ3v) is 5.51. The van der Waals surface area contributed by atoms with E-state index in [9.17, 15) is 26.4 Å². The minimum Gasteiger partial charge on any atom is -0.489 e. The van der Waals surface area contributed by atoms with Crippen molar-refractivity contribution in [1.29, 1.82) is 0 Å². The Morgan fingerprint density at radius 1 is 1.00 bits per heavy atom. The zero-order valence-electron chi connectivity index (χ0n) is 17.7. The van der Waals surface area contributed by atoms with E-state index in [0.717, 1.165) is 18.4 Å². The molecule has 0 atom stereocenters. The molecule has 0 saturated carbocycles. The number of hydrogen-bond acceptors (Lipinski definition) is 5. The molecule has 4 rings (SSSR count). The van der Waals surface area contributed by atoms with E-state index < -0.39 is 21.8 Å². The minimum absolute atomic E-state index is 0.0917. The summed E-state index contributed by atoms with van der Waals surface area (Å²) in [6, 6.07) is 15.7. The molecular formula is C24H18F3NO5S. The molecule has 6 nitrogen and oxygen atoms in total. The fraction of sp³-hybridized carbons (Fsp3) is 0.125. The summed E-state index contributed by atoms with van der Waals surface area (Å²) < 4.78 is 74.8. The molecule has 1 aromatic heterocycles. The van der Waals surface area contributed by atoms with Gasteiger partial charge in [0.1, 0.15) is 24.2 Å². The highest BCUT2D eigenvalue weighted by Gasteiger charge is 2.30. The highest BCUT2D eigenvalue weighted by molar-refractivity contribution is 7.92. The van der Waals surface area contributed by atoms with Crippen LogP contribution in [0.1, 0.15) is 11.1 Å². The lowest BCUT2D eigenvalue weighted by Gasteiger charge is -2.10. The number of alkyl halides is 3. The third-order valence-electron chi connectivity index (χ3n) is 4.91. The Balaban J connectivity index is 1.55. The molecule has 0 aliphatic rings. The van der Waals surface area contributed by atoms with Gasteiger partial charge in [0.25, 0.3) is 0 Å². The van der Waals surface area contributed by atoms with Crippen molar-refractivity contribution >= 4 is 26.7 Å². The highest BCUT2D eigenvalue weighted by Crippen LogP contribution is 2.30. The highest BCUT2D eigenvalue weighted by atomic mass is 32.2. The molecule has 0 saturated heterocycles. The van der Waals surface area contributed by atoms with E-state index in [0.29, 0.717) is 28.0 Å². The number of hydrogen-bond donors (Lipinski definition) is 1. The van der Waals surface area contributed by atoms with Crippen LogP contribution in [0.15, 0.2) is 82.2 Å². The number of rotatable bonds is 6. The molecule has 0 bridgehead atoms. The zero-order valence-corrected chi connectivity index (χ0v) is 18.5. The Hall–Kier alpha value is -3.79. The van der Waals surface area contributed by atoms with Gasteiger partial charge in [0.2, 0.25) is 10.0 Å². The summed E-state index contributed by atoms with van der Waals surface area (Å²) in [6.07, 6.45) is -2.11. The second kappa shape index (κ2) is 8.86. The molecule has 176 valence electrons. The van der Waals surface area contributed by atoms with Crippen LogP contribution in [0.3, 0.4) is 0 Å². The Morgan fingerprint density at radius 2 is 1.74 bits per heavy atom. The van der Waals surface area contributed by atoms with Gasteiger partial charge in [-0.15, -0.1) is 0 Å². The largest absolute Gasteiger partial charge is 0.489 e. The Kier molecular flexibility index (Phi) is 6.09. The number of fused-ring (bicyclic) bond motifs is 1. The first-order valence-electron chi connectivity index (χ1n) is 9.92. The van der Waals surface area contributed by atoms with Crippen molar-refractivity contribution in [2.75, 3.05) is 11.0 Å². The second-order valence-electron chi connectivity index (χ2n) is 7.57. The number of anilines is 1. The van der Waals surface area contributed by atoms with Crippen LogP contribution in [0, 0.1) is 0 Å². The molecule has 3 aromatic carbocycles. The van der Waals surface area contributed by atoms with E-state index >= 15 is 0 Å². The standard InChI is InChI=1S/C24H18F3NO5S/c1-34(30,31)28-18-7-5-16(6-8-18)21-14-33-22-12-19(9-10-20(22)23(21)29)32-13-15-3-2-4-17(11-15)24(25,26)27/h2-12,14,28H,13H2,1H3. The van der Waals surface area contributed by atoms with Crippen LogP contribution in [0.2, 0.25) is 0 Å². The van der Waals surface area contributed by atoms with Gasteiger partial charge in [-0.05, 0) is 47.5 Å². The number of sulfonamides is 1. The molecule has 34 heavy (non-hydrogen) atoms. The van der Waals surface area contributed by atoms with Gasteiger partial charge in [0.15, 0.2) is 5.43 Å². The summed E-state index contributed by atoms with van der Waals surface area (Å²) in [5, 5.41) is 0.294. The van der Waals surface area contributed by atoms with Gasteiger partial charge in [0, 0.05) is 11.8 Å². The van der Waals surface area contributed by atoms with Crippen molar-refractivity contribution in [3.63, 3.8) is 0 Å². The molecule has 0 radical (unpaired) electrons. The predicted molar refractivity (Wildman–Crippen MR) is 122 cm³/mol. The maximum Gasteiger partial charge on any atom is 0.416 e. The van der Waals surface area contributed by atoms with Crippen molar-refractivity contribution in [3.05, 3.63) is 94.3 Å². The first-order valence-corrected chi connectivity index (χ1v) is 11.8. The van der Waals surface area contributed by atoms with Crippen LogP contribution in [0.25, 0.3) is 22.1 Å². The first-order chi connectivity index (χ1) is 16.0. The molecule has 1 N–H and O–H groups in total. The zero-order chi connectivity index (χ0) is 24.5. The van der Waals surface area contributed by atoms with Crippen molar-refractivity contribution in [3.8, 4) is 16.9 Å². The fourth-order valence-corrected chi connectivity index (χ4v) is 3.90. The summed E-state index contributed by atoms with van der Waals surface area (Å²) in [5.41, 5.74) is 0.737. The van der Waals surface area contributed by atoms with Gasteiger partial charge in [-0.3, -0.25) is 9.52 Å². The number of halogens is 3. The van der Waals surface area contributed by atoms with Gasteiger partial charge in [0.05, 0.1) is 22.8 Å². The third kappa shape index (κ3) is 5.40. The maximum atomic E-state index is 12.9. The van der Waals surface area contributed by atoms with Crippen LogP contribution in [0.5, 0.6) is 5.75 Å². The van der Waals surface area contributed by atoms with Crippen LogP contribution < -0.4 is 14.9 Å². The van der Waals surface area contributed by atoms with Gasteiger partial charge in [-0.1, -0.05) is 24.3 Å². The second-order valence-corrected chi connectivity index (χ2v) is 9.32. The Morgan fingerprint density at radius 3 is 2.41 bits per heavy atom. The van der Waals surface area contributed by atoms with Gasteiger partial charge < -0.3 is 9.15 Å². The predicted octanol–water partition coefficient (Wildman–Crippen LogP) is 5.43. The summed E-state index contributed by atoms with van der Waals surface area (Å²) in [5.74, 6) is 0.331. The smallest absolute Gasteiger partial charge is 0.416 e. The summed E-state index contributed by atoms with van der Waals surface area (Å²) >= 11 is 0. The van der Waals surface area contributed by atoms with Gasteiger partial charge in [-0.25, -0.2) is 8.42 Å². The van der Waals surface area contributed by atoms with Gasteiger partial charge >= 0.3 is 6.18 Å². The molecule has 0 amide bonds. The van der Waals surface area contributed by atoms with E-state index in [4.69, 9.17) is 9.15 Å². The van der Waals surface area contributed by atoms with Crippen molar-refractivity contribution in [2.24, 2.45) is 0 Å². The molecule has 1 heterocycles. The van der Waals surface area contributed by atoms with Crippen LogP contribution >= 0.6 is 0 Å². The minimum atomic E-state index is -4.44. The van der Waals surface area contributed by atoms with Crippen molar-refractivity contribution in [2.45, 2.75) is 12.8 Å². The van der Waals surface area contributed by atoms with Crippen molar-refractivity contribution < 1.29 is 30.7 Å². The summed E-state index contributed by atoms with van der Waals surface area (Å²) in [4.78, 5) is 12.9. The van der Waals surface area contributed by atoms with Crippen LogP contribution in [-0.2, 0) is 22.8 Å². The first kappa shape index (κ1) is 23.4. The van der Waals surface area contributed by atoms with E-state index in [-0.39, 0.29) is 23.2 Å². The number of nitrogens with one attached hydrogen (secondary N) is 1. The van der Waals surface area contributed by atoms with E-state index in [1.165, 1.54) is 48.7 Å². The van der Waals surface area contributed by atoms with Crippen LogP contribution in [-0.4, -0.2) is 14.7 Å². The van der Waals surface area contributed by atoms with E-state index in [1.807, 2.05) is 0 Å². The lowest BCUT2D eigenvalue weighted by Crippen LogP contribution is -2.09. The van der Waals surface area contributed by atoms with Gasteiger partial charge in [-0.2, -0.15) is 13.2 Å². The fourth-order valence-electron chi connectivity index (χ4n) is 3.33. The quantitative estimate of drug-likeness (QED) is 0.390. The lowest BCUT2D eigenvalue weighted by molar-refractivity contribution is -0.137. The average Bonchev–Trinajstić information content (AvgIpc) is 2.77. The topological polar surface area (TPSA) is 85.6 Å². The van der Waals surface area contributed by atoms with E-state index in [1.54, 1.807) is 12.1 Å². The Labute approximate surface area is 192 Å². The van der Waals surface area contributed by atoms with Crippen LogP contribution in [0.4, 0.5) is 18.9 Å². The molecule has 0 aliphatic heterocycles. The number of benzene rings is 3. The molecule has 0 fully saturated rings. The molecular weight excluding hydrogens is 471 g/mol. The monoisotopic (exact) mass is 489 g/mol. The molecule has 0 unspecified atom stereocenters. The normalized spacial score (nSPS) is 12.0. The lowest BCUT2D eigenvalue weighted by atomic mass is 10.1. The molecule has 0 spiro atoms. The maximum absolute atomic E-state index is 12.9. The summed E-state index contributed by atoms with van der Waals surface area (Å²) in [6.45, 7) is -0.0917. The molecule has 4 aromatic rings. The van der Waals surface area contributed by atoms with E-state index in [2.05, 4.69) is 4.72 Å². The van der Waals surface area contributed by atoms with Crippen molar-refractivity contribution in [1.82, 2.24) is 0 Å².